The number of thiazole rings is 1. The summed E-state index contributed by atoms with van der Waals surface area (Å²) in [6.45, 7) is 9.11. The van der Waals surface area contributed by atoms with Crippen molar-refractivity contribution in [1.82, 2.24) is 15.2 Å². The average molecular weight is 267 g/mol. The van der Waals surface area contributed by atoms with Gasteiger partial charge in [0.25, 0.3) is 0 Å². The molecule has 1 aromatic rings. The van der Waals surface area contributed by atoms with Gasteiger partial charge in [0.2, 0.25) is 0 Å². The molecule has 2 rings (SSSR count). The number of nitrogens with zero attached hydrogens (tertiary/aromatic N) is 2. The van der Waals surface area contributed by atoms with E-state index >= 15 is 0 Å². The van der Waals surface area contributed by atoms with Crippen LogP contribution in [-0.4, -0.2) is 35.1 Å². The van der Waals surface area contributed by atoms with Crippen LogP contribution < -0.4 is 5.32 Å². The van der Waals surface area contributed by atoms with E-state index in [0.29, 0.717) is 18.1 Å². The second kappa shape index (κ2) is 6.64. The lowest BCUT2D eigenvalue weighted by Crippen LogP contribution is -2.48. The van der Waals surface area contributed by atoms with E-state index in [-0.39, 0.29) is 0 Å². The van der Waals surface area contributed by atoms with Crippen LogP contribution in [0.2, 0.25) is 0 Å². The van der Waals surface area contributed by atoms with E-state index in [0.717, 1.165) is 13.0 Å². The fourth-order valence-corrected chi connectivity index (χ4v) is 3.92. The standard InChI is InChI=1S/C14H25N3S/c1-4-13(14-16-7-9-18-14)17-8-6-12(15-5-2)10-11(17)3/h7,9,11-13,15H,4-6,8,10H2,1-3H3. The van der Waals surface area contributed by atoms with Gasteiger partial charge in [-0.3, -0.25) is 4.90 Å². The van der Waals surface area contributed by atoms with Gasteiger partial charge in [0.1, 0.15) is 5.01 Å². The summed E-state index contributed by atoms with van der Waals surface area (Å²) in [6.07, 6.45) is 5.61. The van der Waals surface area contributed by atoms with Crippen molar-refractivity contribution in [2.45, 2.75) is 58.2 Å². The Morgan fingerprint density at radius 2 is 2.39 bits per heavy atom. The number of hydrogen-bond donors (Lipinski definition) is 1. The summed E-state index contributed by atoms with van der Waals surface area (Å²) in [4.78, 5) is 7.16. The molecule has 1 fully saturated rings. The third-order valence-electron chi connectivity index (χ3n) is 3.94. The van der Waals surface area contributed by atoms with Crippen molar-refractivity contribution in [3.05, 3.63) is 16.6 Å². The zero-order valence-corrected chi connectivity index (χ0v) is 12.5. The zero-order valence-electron chi connectivity index (χ0n) is 11.7. The van der Waals surface area contributed by atoms with Gasteiger partial charge in [-0.05, 0) is 32.7 Å². The fourth-order valence-electron chi connectivity index (χ4n) is 3.08. The van der Waals surface area contributed by atoms with Crippen LogP contribution >= 0.6 is 11.3 Å². The maximum Gasteiger partial charge on any atom is 0.110 e. The predicted molar refractivity (Wildman–Crippen MR) is 78.0 cm³/mol. The molecule has 4 heteroatoms. The lowest BCUT2D eigenvalue weighted by Gasteiger charge is -2.41. The van der Waals surface area contributed by atoms with Crippen LogP contribution in [0.3, 0.4) is 0 Å². The highest BCUT2D eigenvalue weighted by Crippen LogP contribution is 2.31. The highest BCUT2D eigenvalue weighted by molar-refractivity contribution is 7.09. The van der Waals surface area contributed by atoms with Crippen LogP contribution in [-0.2, 0) is 0 Å². The molecule has 18 heavy (non-hydrogen) atoms. The topological polar surface area (TPSA) is 28.2 Å². The molecule has 0 bridgehead atoms. The molecule has 0 aromatic carbocycles. The second-order valence-corrected chi connectivity index (χ2v) is 6.09. The molecular formula is C14H25N3S. The molecule has 0 spiro atoms. The van der Waals surface area contributed by atoms with Gasteiger partial charge in [-0.25, -0.2) is 4.98 Å². The normalized spacial score (nSPS) is 27.3. The molecular weight excluding hydrogens is 242 g/mol. The first kappa shape index (κ1) is 14.0. The van der Waals surface area contributed by atoms with Crippen molar-refractivity contribution >= 4 is 11.3 Å². The number of aromatic nitrogens is 1. The number of piperidine rings is 1. The van der Waals surface area contributed by atoms with Gasteiger partial charge in [-0.2, -0.15) is 0 Å². The van der Waals surface area contributed by atoms with E-state index in [4.69, 9.17) is 0 Å². The summed E-state index contributed by atoms with van der Waals surface area (Å²) >= 11 is 1.79. The van der Waals surface area contributed by atoms with E-state index in [1.165, 1.54) is 24.4 Å². The molecule has 2 heterocycles. The SMILES string of the molecule is CCNC1CCN(C(CC)c2nccs2)C(C)C1. The first-order valence-electron chi connectivity index (χ1n) is 7.14. The van der Waals surface area contributed by atoms with E-state index in [9.17, 15) is 0 Å². The Labute approximate surface area is 115 Å². The highest BCUT2D eigenvalue weighted by atomic mass is 32.1. The second-order valence-electron chi connectivity index (χ2n) is 5.16. The third-order valence-corrected chi connectivity index (χ3v) is 4.82. The Hall–Kier alpha value is -0.450. The maximum absolute atomic E-state index is 4.51. The number of nitrogens with one attached hydrogen (secondary N) is 1. The molecule has 3 unspecified atom stereocenters. The molecule has 0 aliphatic carbocycles. The van der Waals surface area contributed by atoms with Crippen LogP contribution in [0.1, 0.15) is 51.1 Å². The molecule has 1 aliphatic rings. The van der Waals surface area contributed by atoms with E-state index in [1.807, 2.05) is 6.20 Å². The molecule has 0 amide bonds. The Balaban J connectivity index is 2.00. The molecule has 3 atom stereocenters. The zero-order chi connectivity index (χ0) is 13.0. The molecule has 102 valence electrons. The van der Waals surface area contributed by atoms with Crippen molar-refractivity contribution in [3.63, 3.8) is 0 Å². The summed E-state index contributed by atoms with van der Waals surface area (Å²) < 4.78 is 0. The first-order chi connectivity index (χ1) is 8.76. The quantitative estimate of drug-likeness (QED) is 0.888. The minimum atomic E-state index is 0.516. The van der Waals surface area contributed by atoms with Crippen molar-refractivity contribution in [2.24, 2.45) is 0 Å². The Bertz CT molecular complexity index is 339. The third kappa shape index (κ3) is 3.11. The van der Waals surface area contributed by atoms with Gasteiger partial charge < -0.3 is 5.32 Å². The van der Waals surface area contributed by atoms with Crippen molar-refractivity contribution in [1.29, 1.82) is 0 Å². The smallest absolute Gasteiger partial charge is 0.110 e. The summed E-state index contributed by atoms with van der Waals surface area (Å²) in [5.74, 6) is 0. The van der Waals surface area contributed by atoms with Gasteiger partial charge in [-0.15, -0.1) is 11.3 Å². The fraction of sp³-hybridized carbons (Fsp3) is 0.786. The van der Waals surface area contributed by atoms with Crippen molar-refractivity contribution < 1.29 is 0 Å². The molecule has 1 saturated heterocycles. The summed E-state index contributed by atoms with van der Waals surface area (Å²) in [6, 6.07) is 1.87. The number of hydrogen-bond acceptors (Lipinski definition) is 4. The van der Waals surface area contributed by atoms with Crippen LogP contribution in [0, 0.1) is 0 Å². The van der Waals surface area contributed by atoms with Crippen LogP contribution in [0.25, 0.3) is 0 Å². The summed E-state index contributed by atoms with van der Waals surface area (Å²) in [5, 5.41) is 6.96. The van der Waals surface area contributed by atoms with E-state index in [1.54, 1.807) is 11.3 Å². The number of likely N-dealkylation sites (tertiary alicyclic amines) is 1. The predicted octanol–water partition coefficient (Wildman–Crippen LogP) is 3.06. The molecule has 0 saturated carbocycles. The van der Waals surface area contributed by atoms with E-state index < -0.39 is 0 Å². The van der Waals surface area contributed by atoms with Gasteiger partial charge >= 0.3 is 0 Å². The minimum absolute atomic E-state index is 0.516. The average Bonchev–Trinajstić information content (AvgIpc) is 2.87. The Morgan fingerprint density at radius 1 is 1.56 bits per heavy atom. The lowest BCUT2D eigenvalue weighted by atomic mass is 9.96. The van der Waals surface area contributed by atoms with Crippen LogP contribution in [0.4, 0.5) is 0 Å². The maximum atomic E-state index is 4.51. The van der Waals surface area contributed by atoms with E-state index in [2.05, 4.69) is 41.4 Å². The summed E-state index contributed by atoms with van der Waals surface area (Å²) in [5.41, 5.74) is 0. The Kier molecular flexibility index (Phi) is 5.15. The molecule has 1 aromatic heterocycles. The Morgan fingerprint density at radius 3 is 2.94 bits per heavy atom. The lowest BCUT2D eigenvalue weighted by molar-refractivity contribution is 0.0852. The van der Waals surface area contributed by atoms with Crippen molar-refractivity contribution in [2.75, 3.05) is 13.1 Å². The van der Waals surface area contributed by atoms with Gasteiger partial charge in [0, 0.05) is 30.2 Å². The van der Waals surface area contributed by atoms with Crippen molar-refractivity contribution in [3.8, 4) is 0 Å². The van der Waals surface area contributed by atoms with Gasteiger partial charge in [-0.1, -0.05) is 13.8 Å². The first-order valence-corrected chi connectivity index (χ1v) is 8.02. The largest absolute Gasteiger partial charge is 0.314 e. The van der Waals surface area contributed by atoms with Crippen LogP contribution in [0.5, 0.6) is 0 Å². The highest BCUT2D eigenvalue weighted by Gasteiger charge is 2.31. The number of rotatable bonds is 5. The van der Waals surface area contributed by atoms with Gasteiger partial charge in [0.15, 0.2) is 0 Å². The monoisotopic (exact) mass is 267 g/mol. The van der Waals surface area contributed by atoms with Gasteiger partial charge in [0.05, 0.1) is 6.04 Å². The van der Waals surface area contributed by atoms with Crippen LogP contribution in [0.15, 0.2) is 11.6 Å². The molecule has 1 N–H and O–H groups in total. The minimum Gasteiger partial charge on any atom is -0.314 e. The molecule has 1 aliphatic heterocycles. The summed E-state index contributed by atoms with van der Waals surface area (Å²) in [7, 11) is 0. The molecule has 3 nitrogen and oxygen atoms in total. The molecule has 0 radical (unpaired) electrons.